The maximum Gasteiger partial charge on any atom is 0.319 e. The molecule has 2 aromatic carbocycles. The van der Waals surface area contributed by atoms with Crippen molar-refractivity contribution in [3.8, 4) is 0 Å². The highest BCUT2D eigenvalue weighted by atomic mass is 35.5. The molecule has 0 bridgehead atoms. The summed E-state index contributed by atoms with van der Waals surface area (Å²) in [5.74, 6) is -0.459. The number of halogens is 2. The summed E-state index contributed by atoms with van der Waals surface area (Å²) in [5.41, 5.74) is 1.40. The number of hydrogen-bond acceptors (Lipinski definition) is 3. The number of urea groups is 1. The van der Waals surface area contributed by atoms with Crippen LogP contribution in [0.1, 0.15) is 29.8 Å². The number of benzene rings is 2. The minimum atomic E-state index is -0.350. The van der Waals surface area contributed by atoms with Crippen molar-refractivity contribution >= 4 is 29.2 Å². The molecule has 30 heavy (non-hydrogen) atoms. The highest BCUT2D eigenvalue weighted by Gasteiger charge is 2.25. The zero-order valence-corrected chi connectivity index (χ0v) is 17.9. The lowest BCUT2D eigenvalue weighted by molar-refractivity contribution is 0.0628. The summed E-state index contributed by atoms with van der Waals surface area (Å²) in [5, 5.41) is 5.91. The predicted molar refractivity (Wildman–Crippen MR) is 116 cm³/mol. The molecule has 2 aromatic rings. The van der Waals surface area contributed by atoms with Gasteiger partial charge in [0.25, 0.3) is 5.91 Å². The Kier molecular flexibility index (Phi) is 7.29. The van der Waals surface area contributed by atoms with Crippen LogP contribution in [0.4, 0.5) is 14.9 Å². The summed E-state index contributed by atoms with van der Waals surface area (Å²) in [4.78, 5) is 28.9. The van der Waals surface area contributed by atoms with Crippen molar-refractivity contribution < 1.29 is 14.0 Å². The standard InChI is InChI=1S/C22H26ClFN4O2/c1-15(2)25-22(30)26-20-9-4-3-6-16(20)21(29)28-12-10-27(11-13-28)14-17-18(23)7-5-8-19(17)24/h3-9,15H,10-14H2,1-2H3,(H2,25,26,30). The fourth-order valence-corrected chi connectivity index (χ4v) is 3.61. The summed E-state index contributed by atoms with van der Waals surface area (Å²) in [6, 6.07) is 11.3. The molecule has 0 saturated carbocycles. The number of para-hydroxylation sites is 1. The van der Waals surface area contributed by atoms with Gasteiger partial charge in [0.1, 0.15) is 5.82 Å². The summed E-state index contributed by atoms with van der Waals surface area (Å²) in [6.07, 6.45) is 0. The number of piperazine rings is 1. The molecule has 0 spiro atoms. The maximum atomic E-state index is 14.0. The molecule has 0 atom stereocenters. The van der Waals surface area contributed by atoms with Crippen LogP contribution in [-0.2, 0) is 6.54 Å². The van der Waals surface area contributed by atoms with E-state index in [0.29, 0.717) is 54.6 Å². The van der Waals surface area contributed by atoms with E-state index in [9.17, 15) is 14.0 Å². The van der Waals surface area contributed by atoms with E-state index >= 15 is 0 Å². The van der Waals surface area contributed by atoms with Crippen molar-refractivity contribution in [1.29, 1.82) is 0 Å². The van der Waals surface area contributed by atoms with Gasteiger partial charge in [-0.15, -0.1) is 0 Å². The molecular weight excluding hydrogens is 407 g/mol. The number of carbonyl (C=O) groups excluding carboxylic acids is 2. The van der Waals surface area contributed by atoms with Gasteiger partial charge in [0.15, 0.2) is 0 Å². The first kappa shape index (κ1) is 22.1. The molecule has 0 radical (unpaired) electrons. The average molecular weight is 433 g/mol. The summed E-state index contributed by atoms with van der Waals surface area (Å²) >= 11 is 6.13. The second-order valence-corrected chi connectivity index (χ2v) is 7.97. The van der Waals surface area contributed by atoms with Crippen LogP contribution in [0.25, 0.3) is 0 Å². The molecule has 3 amide bonds. The topological polar surface area (TPSA) is 64.7 Å². The average Bonchev–Trinajstić information content (AvgIpc) is 2.70. The number of carbonyl (C=O) groups is 2. The van der Waals surface area contributed by atoms with E-state index in [1.807, 2.05) is 13.8 Å². The molecule has 1 fully saturated rings. The van der Waals surface area contributed by atoms with Crippen molar-refractivity contribution in [1.82, 2.24) is 15.1 Å². The molecule has 8 heteroatoms. The van der Waals surface area contributed by atoms with E-state index in [4.69, 9.17) is 11.6 Å². The molecule has 1 aliphatic rings. The maximum absolute atomic E-state index is 14.0. The number of rotatable bonds is 5. The lowest BCUT2D eigenvalue weighted by Crippen LogP contribution is -2.48. The van der Waals surface area contributed by atoms with Gasteiger partial charge in [0.05, 0.1) is 11.3 Å². The Hall–Kier alpha value is -2.64. The molecule has 1 aliphatic heterocycles. The quantitative estimate of drug-likeness (QED) is 0.751. The number of nitrogens with one attached hydrogen (secondary N) is 2. The molecule has 160 valence electrons. The number of anilines is 1. The van der Waals surface area contributed by atoms with Gasteiger partial charge in [0, 0.05) is 49.4 Å². The monoisotopic (exact) mass is 432 g/mol. The predicted octanol–water partition coefficient (Wildman–Crippen LogP) is 3.97. The van der Waals surface area contributed by atoms with Crippen LogP contribution in [0, 0.1) is 5.82 Å². The van der Waals surface area contributed by atoms with Gasteiger partial charge in [-0.25, -0.2) is 9.18 Å². The molecule has 0 aromatic heterocycles. The molecule has 1 heterocycles. The third-order valence-corrected chi connectivity index (χ3v) is 5.28. The van der Waals surface area contributed by atoms with E-state index in [1.165, 1.54) is 6.07 Å². The Morgan fingerprint density at radius 2 is 1.77 bits per heavy atom. The van der Waals surface area contributed by atoms with Crippen LogP contribution in [0.5, 0.6) is 0 Å². The van der Waals surface area contributed by atoms with Crippen molar-refractivity contribution in [3.05, 3.63) is 64.4 Å². The SMILES string of the molecule is CC(C)NC(=O)Nc1ccccc1C(=O)N1CCN(Cc2c(F)cccc2Cl)CC1. The van der Waals surface area contributed by atoms with Gasteiger partial charge < -0.3 is 15.5 Å². The molecule has 0 aliphatic carbocycles. The Morgan fingerprint density at radius 1 is 1.07 bits per heavy atom. The molecule has 2 N–H and O–H groups in total. The zero-order chi connectivity index (χ0) is 21.7. The fraction of sp³-hybridized carbons (Fsp3) is 0.364. The number of amides is 3. The first-order valence-electron chi connectivity index (χ1n) is 9.96. The molecule has 6 nitrogen and oxygen atoms in total. The third kappa shape index (κ3) is 5.49. The van der Waals surface area contributed by atoms with E-state index in [1.54, 1.807) is 41.3 Å². The third-order valence-electron chi connectivity index (χ3n) is 4.93. The van der Waals surface area contributed by atoms with Crippen LogP contribution >= 0.6 is 11.6 Å². The minimum Gasteiger partial charge on any atom is -0.336 e. The van der Waals surface area contributed by atoms with Crippen LogP contribution in [0.15, 0.2) is 42.5 Å². The molecule has 1 saturated heterocycles. The highest BCUT2D eigenvalue weighted by molar-refractivity contribution is 6.31. The smallest absolute Gasteiger partial charge is 0.319 e. The van der Waals surface area contributed by atoms with Crippen molar-refractivity contribution in [2.24, 2.45) is 0 Å². The van der Waals surface area contributed by atoms with Crippen LogP contribution < -0.4 is 10.6 Å². The fourth-order valence-electron chi connectivity index (χ4n) is 3.39. The lowest BCUT2D eigenvalue weighted by atomic mass is 10.1. The Balaban J connectivity index is 1.62. The Morgan fingerprint density at radius 3 is 2.43 bits per heavy atom. The Bertz CT molecular complexity index is 894. The van der Waals surface area contributed by atoms with Gasteiger partial charge in [-0.05, 0) is 38.1 Å². The number of nitrogens with zero attached hydrogens (tertiary/aromatic N) is 2. The van der Waals surface area contributed by atoms with Gasteiger partial charge in [0.2, 0.25) is 0 Å². The lowest BCUT2D eigenvalue weighted by Gasteiger charge is -2.35. The highest BCUT2D eigenvalue weighted by Crippen LogP contribution is 2.22. The molecular formula is C22H26ClFN4O2. The first-order valence-corrected chi connectivity index (χ1v) is 10.3. The van der Waals surface area contributed by atoms with E-state index < -0.39 is 0 Å². The van der Waals surface area contributed by atoms with Crippen LogP contribution in [-0.4, -0.2) is 54.0 Å². The van der Waals surface area contributed by atoms with Crippen molar-refractivity contribution in [2.75, 3.05) is 31.5 Å². The molecule has 3 rings (SSSR count). The second-order valence-electron chi connectivity index (χ2n) is 7.57. The van der Waals surface area contributed by atoms with Gasteiger partial charge >= 0.3 is 6.03 Å². The van der Waals surface area contributed by atoms with Gasteiger partial charge in [-0.2, -0.15) is 0 Å². The first-order chi connectivity index (χ1) is 14.3. The van der Waals surface area contributed by atoms with Crippen molar-refractivity contribution in [2.45, 2.75) is 26.4 Å². The minimum absolute atomic E-state index is 0.0103. The zero-order valence-electron chi connectivity index (χ0n) is 17.1. The summed E-state index contributed by atoms with van der Waals surface area (Å²) in [6.45, 7) is 6.38. The van der Waals surface area contributed by atoms with Crippen LogP contribution in [0.2, 0.25) is 5.02 Å². The summed E-state index contributed by atoms with van der Waals surface area (Å²) in [7, 11) is 0. The number of hydrogen-bond donors (Lipinski definition) is 2. The van der Waals surface area contributed by atoms with E-state index in [0.717, 1.165) is 0 Å². The van der Waals surface area contributed by atoms with Gasteiger partial charge in [-0.3, -0.25) is 9.69 Å². The van der Waals surface area contributed by atoms with E-state index in [-0.39, 0.29) is 23.8 Å². The summed E-state index contributed by atoms with van der Waals surface area (Å²) < 4.78 is 14.0. The Labute approximate surface area is 181 Å². The van der Waals surface area contributed by atoms with E-state index in [2.05, 4.69) is 15.5 Å². The second kappa shape index (κ2) is 9.91. The van der Waals surface area contributed by atoms with Crippen LogP contribution in [0.3, 0.4) is 0 Å². The molecule has 0 unspecified atom stereocenters. The largest absolute Gasteiger partial charge is 0.336 e. The normalized spacial score (nSPS) is 14.6. The van der Waals surface area contributed by atoms with Gasteiger partial charge in [-0.1, -0.05) is 29.8 Å². The van der Waals surface area contributed by atoms with Crippen molar-refractivity contribution in [3.63, 3.8) is 0 Å².